The number of anilines is 1. The second-order valence-corrected chi connectivity index (χ2v) is 9.74. The molecule has 0 fully saturated rings. The molecule has 158 valence electrons. The van der Waals surface area contributed by atoms with Gasteiger partial charge in [-0.15, -0.1) is 22.7 Å². The van der Waals surface area contributed by atoms with E-state index < -0.39 is 23.0 Å². The number of nitrogens with zero attached hydrogens (tertiary/aromatic N) is 3. The molecule has 0 saturated carbocycles. The molecule has 3 rings (SSSR count). The number of nitrogens with two attached hydrogens (primary N) is 1. The average molecular weight is 447 g/mol. The van der Waals surface area contributed by atoms with Gasteiger partial charge in [0.05, 0.1) is 21.4 Å². The number of thiazole rings is 2. The van der Waals surface area contributed by atoms with Crippen LogP contribution in [0.5, 0.6) is 0 Å². The number of aromatic nitrogens is 2. The Morgan fingerprint density at radius 2 is 1.90 bits per heavy atom. The number of oxime groups is 1. The van der Waals surface area contributed by atoms with Crippen molar-refractivity contribution in [1.82, 2.24) is 9.97 Å². The molecule has 2 aromatic heterocycles. The molecule has 0 aliphatic rings. The fraction of sp³-hybridized carbons (Fsp3) is 0.350. The van der Waals surface area contributed by atoms with Crippen LogP contribution in [0.2, 0.25) is 0 Å². The van der Waals surface area contributed by atoms with Gasteiger partial charge in [-0.1, -0.05) is 5.16 Å². The Morgan fingerprint density at radius 3 is 2.53 bits per heavy atom. The van der Waals surface area contributed by atoms with Crippen LogP contribution in [-0.2, 0) is 14.4 Å². The second kappa shape index (κ2) is 8.11. The van der Waals surface area contributed by atoms with Crippen LogP contribution in [-0.4, -0.2) is 39.1 Å². The maximum Gasteiger partial charge on any atom is 0.353 e. The van der Waals surface area contributed by atoms with E-state index >= 15 is 0 Å². The minimum Gasteiger partial charge on any atom is -0.457 e. The summed E-state index contributed by atoms with van der Waals surface area (Å²) in [5.41, 5.74) is 7.65. The first-order chi connectivity index (χ1) is 14.0. The lowest BCUT2D eigenvalue weighted by Gasteiger charge is -2.26. The number of esters is 1. The molecule has 0 amide bonds. The third kappa shape index (κ3) is 4.82. The molecule has 30 heavy (non-hydrogen) atoms. The summed E-state index contributed by atoms with van der Waals surface area (Å²) in [5, 5.41) is 5.91. The van der Waals surface area contributed by atoms with Gasteiger partial charge in [0.15, 0.2) is 5.13 Å². The van der Waals surface area contributed by atoms with E-state index in [-0.39, 0.29) is 0 Å². The zero-order valence-corrected chi connectivity index (χ0v) is 18.9. The Bertz CT molecular complexity index is 1130. The first-order valence-corrected chi connectivity index (χ1v) is 10.8. The number of rotatable bonds is 6. The van der Waals surface area contributed by atoms with Gasteiger partial charge in [0.1, 0.15) is 11.8 Å². The van der Waals surface area contributed by atoms with E-state index in [2.05, 4.69) is 15.1 Å². The van der Waals surface area contributed by atoms with Crippen LogP contribution in [0.1, 0.15) is 45.0 Å². The van der Waals surface area contributed by atoms with E-state index in [0.29, 0.717) is 27.5 Å². The van der Waals surface area contributed by atoms with Gasteiger partial charge in [-0.2, -0.15) is 0 Å². The number of carbonyl (C=O) groups excluding carboxylic acids is 2. The maximum absolute atomic E-state index is 12.9. The summed E-state index contributed by atoms with van der Waals surface area (Å²) in [4.78, 5) is 39.1. The summed E-state index contributed by atoms with van der Waals surface area (Å²) in [6.07, 6.45) is 1.03. The number of ketones is 1. The Kier molecular flexibility index (Phi) is 5.91. The topological polar surface area (TPSA) is 117 Å². The molecular weight excluding hydrogens is 424 g/mol. The molecule has 0 radical (unpaired) electrons. The number of benzene rings is 1. The molecule has 0 bridgehead atoms. The van der Waals surface area contributed by atoms with Crippen molar-refractivity contribution in [2.45, 2.75) is 45.8 Å². The first-order valence-electron chi connectivity index (χ1n) is 9.05. The summed E-state index contributed by atoms with van der Waals surface area (Å²) in [5.74, 6) is -0.992. The van der Waals surface area contributed by atoms with Crippen molar-refractivity contribution < 1.29 is 19.2 Å². The van der Waals surface area contributed by atoms with E-state index in [4.69, 9.17) is 15.3 Å². The monoisotopic (exact) mass is 446 g/mol. The van der Waals surface area contributed by atoms with Crippen molar-refractivity contribution in [2.75, 3.05) is 5.73 Å². The summed E-state index contributed by atoms with van der Waals surface area (Å²) in [6.45, 7) is 8.32. The predicted molar refractivity (Wildman–Crippen MR) is 119 cm³/mol. The van der Waals surface area contributed by atoms with Crippen molar-refractivity contribution in [1.29, 1.82) is 0 Å². The van der Waals surface area contributed by atoms with Crippen LogP contribution >= 0.6 is 22.7 Å². The van der Waals surface area contributed by atoms with Crippen LogP contribution in [0, 0.1) is 0 Å². The highest BCUT2D eigenvalue weighted by atomic mass is 32.1. The highest BCUT2D eigenvalue weighted by Crippen LogP contribution is 2.34. The molecular formula is C20H22N4O4S2. The van der Waals surface area contributed by atoms with Gasteiger partial charge >= 0.3 is 5.97 Å². The smallest absolute Gasteiger partial charge is 0.353 e. The molecule has 1 aromatic carbocycles. The molecule has 2 heterocycles. The predicted octanol–water partition coefficient (Wildman–Crippen LogP) is 4.31. The molecule has 0 spiro atoms. The van der Waals surface area contributed by atoms with E-state index in [0.717, 1.165) is 10.9 Å². The van der Waals surface area contributed by atoms with Gasteiger partial charge in [-0.05, 0) is 46.8 Å². The zero-order valence-electron chi connectivity index (χ0n) is 17.3. The third-order valence-electron chi connectivity index (χ3n) is 3.89. The Labute approximate surface area is 181 Å². The number of hydrogen-bond donors (Lipinski definition) is 1. The normalized spacial score (nSPS) is 12.4. The highest BCUT2D eigenvalue weighted by molar-refractivity contribution is 7.16. The number of hydrogen-bond acceptors (Lipinski definition) is 10. The van der Waals surface area contributed by atoms with E-state index in [1.54, 1.807) is 37.7 Å². The highest BCUT2D eigenvalue weighted by Gasteiger charge is 2.35. The molecule has 0 unspecified atom stereocenters. The molecule has 10 heteroatoms. The summed E-state index contributed by atoms with van der Waals surface area (Å²) in [7, 11) is 0. The molecule has 8 nitrogen and oxygen atoms in total. The molecule has 0 aliphatic heterocycles. The molecule has 0 saturated heterocycles. The first kappa shape index (κ1) is 21.8. The summed E-state index contributed by atoms with van der Waals surface area (Å²) < 4.78 is 6.24. The van der Waals surface area contributed by atoms with Crippen molar-refractivity contribution in [3.05, 3.63) is 28.6 Å². The van der Waals surface area contributed by atoms with Gasteiger partial charge in [-0.3, -0.25) is 4.79 Å². The molecule has 2 N–H and O–H groups in total. The minimum atomic E-state index is -1.35. The number of ether oxygens (including phenoxy) is 1. The summed E-state index contributed by atoms with van der Waals surface area (Å²) >= 11 is 2.75. The van der Waals surface area contributed by atoms with Crippen LogP contribution < -0.4 is 5.73 Å². The van der Waals surface area contributed by atoms with Crippen molar-refractivity contribution in [3.63, 3.8) is 0 Å². The number of nitrogen functional groups attached to an aromatic ring is 1. The fourth-order valence-electron chi connectivity index (χ4n) is 2.51. The zero-order chi connectivity index (χ0) is 22.1. The SMILES string of the molecule is CC(C)(C)OC(=O)C(C)(C)O/N=C\C(=O)c1ccc2scnc2c1-c1csc(N)n1. The van der Waals surface area contributed by atoms with E-state index in [1.807, 2.05) is 6.07 Å². The average Bonchev–Trinajstić information content (AvgIpc) is 3.27. The lowest BCUT2D eigenvalue weighted by Crippen LogP contribution is -2.39. The molecule has 0 atom stereocenters. The van der Waals surface area contributed by atoms with Gasteiger partial charge < -0.3 is 15.3 Å². The van der Waals surface area contributed by atoms with E-state index in [9.17, 15) is 9.59 Å². The number of Topliss-reactive ketones (excluding diaryl/α,β-unsaturated/α-hetero) is 1. The largest absolute Gasteiger partial charge is 0.457 e. The van der Waals surface area contributed by atoms with Crippen molar-refractivity contribution in [2.24, 2.45) is 5.16 Å². The van der Waals surface area contributed by atoms with Crippen molar-refractivity contribution in [3.8, 4) is 11.3 Å². The quantitative estimate of drug-likeness (QED) is 0.259. The van der Waals surface area contributed by atoms with Crippen molar-refractivity contribution >= 4 is 56.0 Å². The molecule has 0 aliphatic carbocycles. The van der Waals surface area contributed by atoms with Gasteiger partial charge in [0.2, 0.25) is 11.4 Å². The molecule has 3 aromatic rings. The minimum absolute atomic E-state index is 0.362. The van der Waals surface area contributed by atoms with Crippen LogP contribution in [0.4, 0.5) is 5.13 Å². The lowest BCUT2D eigenvalue weighted by atomic mass is 10.0. The number of carbonyl (C=O) groups is 2. The second-order valence-electron chi connectivity index (χ2n) is 7.96. The standard InChI is InChI=1S/C20H22N4O4S2/c1-19(2,3)27-17(26)20(4,5)28-23-8-13(25)11-6-7-14-16(22-10-30-14)15(11)12-9-29-18(21)24-12/h6-10H,1-5H3,(H2,21,24)/b23-8-. The van der Waals surface area contributed by atoms with Crippen LogP contribution in [0.15, 0.2) is 28.2 Å². The number of fused-ring (bicyclic) bond motifs is 1. The van der Waals surface area contributed by atoms with Crippen LogP contribution in [0.25, 0.3) is 21.5 Å². The Morgan fingerprint density at radius 1 is 1.17 bits per heavy atom. The van der Waals surface area contributed by atoms with Gasteiger partial charge in [-0.25, -0.2) is 14.8 Å². The lowest BCUT2D eigenvalue weighted by molar-refractivity contribution is -0.179. The fourth-order valence-corrected chi connectivity index (χ4v) is 3.75. The summed E-state index contributed by atoms with van der Waals surface area (Å²) in [6, 6.07) is 3.51. The van der Waals surface area contributed by atoms with Crippen LogP contribution in [0.3, 0.4) is 0 Å². The van der Waals surface area contributed by atoms with Gasteiger partial charge in [0, 0.05) is 16.5 Å². The third-order valence-corrected chi connectivity index (χ3v) is 5.36. The van der Waals surface area contributed by atoms with E-state index in [1.165, 1.54) is 36.5 Å². The maximum atomic E-state index is 12.9. The Balaban J connectivity index is 1.86. The Hall–Kier alpha value is -2.85. The van der Waals surface area contributed by atoms with Gasteiger partial charge in [0.25, 0.3) is 0 Å².